The lowest BCUT2D eigenvalue weighted by Crippen LogP contribution is -2.21. The molecule has 3 aromatic carbocycles. The molecule has 146 valence electrons. The molecular formula is C25H23ClN2O. The summed E-state index contributed by atoms with van der Waals surface area (Å²) < 4.78 is 6.24. The van der Waals surface area contributed by atoms with Crippen LogP contribution < -0.4 is 4.90 Å². The summed E-state index contributed by atoms with van der Waals surface area (Å²) in [4.78, 5) is 7.17. The molecular weight excluding hydrogens is 380 g/mol. The van der Waals surface area contributed by atoms with Crippen molar-refractivity contribution in [3.63, 3.8) is 0 Å². The number of oxazole rings is 1. The highest BCUT2D eigenvalue weighted by atomic mass is 35.5. The summed E-state index contributed by atoms with van der Waals surface area (Å²) in [6.07, 6.45) is 0. The monoisotopic (exact) mass is 402 g/mol. The van der Waals surface area contributed by atoms with E-state index in [0.29, 0.717) is 10.9 Å². The highest BCUT2D eigenvalue weighted by molar-refractivity contribution is 6.30. The van der Waals surface area contributed by atoms with Crippen molar-refractivity contribution >= 4 is 17.3 Å². The van der Waals surface area contributed by atoms with E-state index in [0.717, 1.165) is 41.2 Å². The molecule has 0 amide bonds. The highest BCUT2D eigenvalue weighted by Crippen LogP contribution is 2.36. The molecule has 0 bridgehead atoms. The van der Waals surface area contributed by atoms with E-state index in [1.807, 2.05) is 54.6 Å². The molecule has 0 saturated heterocycles. The Kier molecular flexibility index (Phi) is 5.68. The third-order valence-electron chi connectivity index (χ3n) is 5.02. The smallest absolute Gasteiger partial charge is 0.227 e. The van der Waals surface area contributed by atoms with E-state index in [2.05, 4.69) is 43.0 Å². The van der Waals surface area contributed by atoms with Crippen LogP contribution in [0.15, 0.2) is 83.3 Å². The van der Waals surface area contributed by atoms with Crippen LogP contribution in [0.4, 0.5) is 5.69 Å². The van der Waals surface area contributed by atoms with E-state index in [4.69, 9.17) is 21.0 Å². The largest absolute Gasteiger partial charge is 0.435 e. The van der Waals surface area contributed by atoms with Gasteiger partial charge in [0.05, 0.1) is 0 Å². The predicted octanol–water partition coefficient (Wildman–Crippen LogP) is 7.18. The van der Waals surface area contributed by atoms with E-state index in [-0.39, 0.29) is 0 Å². The lowest BCUT2D eigenvalue weighted by molar-refractivity contribution is 0.589. The van der Waals surface area contributed by atoms with Gasteiger partial charge in [-0.2, -0.15) is 0 Å². The van der Waals surface area contributed by atoms with E-state index in [1.165, 1.54) is 5.69 Å². The molecule has 29 heavy (non-hydrogen) atoms. The third kappa shape index (κ3) is 4.06. The summed E-state index contributed by atoms with van der Waals surface area (Å²) in [7, 11) is 0. The minimum atomic E-state index is 0.586. The van der Waals surface area contributed by atoms with Gasteiger partial charge in [0.15, 0.2) is 5.76 Å². The van der Waals surface area contributed by atoms with Crippen LogP contribution in [0.1, 0.15) is 13.8 Å². The fourth-order valence-corrected chi connectivity index (χ4v) is 3.56. The van der Waals surface area contributed by atoms with Crippen molar-refractivity contribution in [3.05, 3.63) is 83.9 Å². The molecule has 0 aliphatic rings. The number of benzene rings is 3. The van der Waals surface area contributed by atoms with Crippen molar-refractivity contribution < 1.29 is 4.42 Å². The molecule has 0 aliphatic heterocycles. The molecule has 0 aliphatic carbocycles. The Hall–Kier alpha value is -3.04. The quantitative estimate of drug-likeness (QED) is 0.342. The summed E-state index contributed by atoms with van der Waals surface area (Å²) in [6.45, 7) is 6.30. The number of hydrogen-bond acceptors (Lipinski definition) is 3. The minimum Gasteiger partial charge on any atom is -0.435 e. The van der Waals surface area contributed by atoms with Crippen molar-refractivity contribution in [3.8, 4) is 34.0 Å². The lowest BCUT2D eigenvalue weighted by atomic mass is 10.1. The second-order valence-corrected chi connectivity index (χ2v) is 7.23. The standard InChI is InChI=1S/C25H23ClN2O/c1-3-28(4-2)22-16-12-18(13-17-22)23-24(19-8-6-5-7-9-19)29-25(27-23)20-10-14-21(26)15-11-20/h5-17H,3-4H2,1-2H3. The maximum atomic E-state index is 6.24. The fourth-order valence-electron chi connectivity index (χ4n) is 3.44. The number of aromatic nitrogens is 1. The summed E-state index contributed by atoms with van der Waals surface area (Å²) >= 11 is 6.04. The Morgan fingerprint density at radius 2 is 1.38 bits per heavy atom. The molecule has 4 heteroatoms. The van der Waals surface area contributed by atoms with Crippen LogP contribution in [0, 0.1) is 0 Å². The number of nitrogens with zero attached hydrogens (tertiary/aromatic N) is 2. The second kappa shape index (κ2) is 8.54. The van der Waals surface area contributed by atoms with E-state index in [9.17, 15) is 0 Å². The molecule has 3 nitrogen and oxygen atoms in total. The van der Waals surface area contributed by atoms with Gasteiger partial charge in [-0.1, -0.05) is 54.1 Å². The zero-order valence-corrected chi connectivity index (χ0v) is 17.4. The molecule has 0 spiro atoms. The van der Waals surface area contributed by atoms with Gasteiger partial charge in [0.2, 0.25) is 5.89 Å². The molecule has 4 rings (SSSR count). The van der Waals surface area contributed by atoms with Crippen LogP contribution in [0.2, 0.25) is 5.02 Å². The molecule has 1 aromatic heterocycles. The molecule has 0 radical (unpaired) electrons. The minimum absolute atomic E-state index is 0.586. The molecule has 0 atom stereocenters. The van der Waals surface area contributed by atoms with Crippen molar-refractivity contribution in [1.82, 2.24) is 4.98 Å². The Morgan fingerprint density at radius 1 is 0.759 bits per heavy atom. The first-order chi connectivity index (χ1) is 14.2. The maximum absolute atomic E-state index is 6.24. The SMILES string of the molecule is CCN(CC)c1ccc(-c2nc(-c3ccc(Cl)cc3)oc2-c2ccccc2)cc1. The first-order valence-corrected chi connectivity index (χ1v) is 10.2. The van der Waals surface area contributed by atoms with Gasteiger partial charge in [-0.05, 0) is 50.2 Å². The van der Waals surface area contributed by atoms with Gasteiger partial charge in [0, 0.05) is 40.5 Å². The van der Waals surface area contributed by atoms with E-state index < -0.39 is 0 Å². The van der Waals surface area contributed by atoms with Crippen LogP contribution in [0.25, 0.3) is 34.0 Å². The number of rotatable bonds is 6. The summed E-state index contributed by atoms with van der Waals surface area (Å²) in [5.74, 6) is 1.36. The third-order valence-corrected chi connectivity index (χ3v) is 5.28. The van der Waals surface area contributed by atoms with E-state index in [1.54, 1.807) is 0 Å². The van der Waals surface area contributed by atoms with Gasteiger partial charge < -0.3 is 9.32 Å². The van der Waals surface area contributed by atoms with Crippen molar-refractivity contribution in [2.75, 3.05) is 18.0 Å². The van der Waals surface area contributed by atoms with Gasteiger partial charge in [-0.3, -0.25) is 0 Å². The zero-order chi connectivity index (χ0) is 20.2. The first-order valence-electron chi connectivity index (χ1n) is 9.87. The van der Waals surface area contributed by atoms with Crippen LogP contribution >= 0.6 is 11.6 Å². The lowest BCUT2D eigenvalue weighted by Gasteiger charge is -2.21. The summed E-state index contributed by atoms with van der Waals surface area (Å²) in [5.41, 5.74) is 4.98. The van der Waals surface area contributed by atoms with Gasteiger partial charge in [-0.15, -0.1) is 0 Å². The van der Waals surface area contributed by atoms with Gasteiger partial charge >= 0.3 is 0 Å². The van der Waals surface area contributed by atoms with Crippen molar-refractivity contribution in [1.29, 1.82) is 0 Å². The number of hydrogen-bond donors (Lipinski definition) is 0. The topological polar surface area (TPSA) is 29.3 Å². The van der Waals surface area contributed by atoms with Gasteiger partial charge in [-0.25, -0.2) is 4.98 Å². The molecule has 0 fully saturated rings. The van der Waals surface area contributed by atoms with Crippen LogP contribution in [-0.2, 0) is 0 Å². The summed E-state index contributed by atoms with van der Waals surface area (Å²) in [6, 6.07) is 26.2. The summed E-state index contributed by atoms with van der Waals surface area (Å²) in [5, 5.41) is 0.691. The maximum Gasteiger partial charge on any atom is 0.227 e. The molecule has 1 heterocycles. The number of halogens is 1. The predicted molar refractivity (Wildman–Crippen MR) is 121 cm³/mol. The van der Waals surface area contributed by atoms with Crippen LogP contribution in [0.5, 0.6) is 0 Å². The van der Waals surface area contributed by atoms with Crippen LogP contribution in [-0.4, -0.2) is 18.1 Å². The molecule has 0 unspecified atom stereocenters. The number of anilines is 1. The normalized spacial score (nSPS) is 10.9. The highest BCUT2D eigenvalue weighted by Gasteiger charge is 2.18. The fraction of sp³-hybridized carbons (Fsp3) is 0.160. The van der Waals surface area contributed by atoms with Gasteiger partial charge in [0.25, 0.3) is 0 Å². The molecule has 0 saturated carbocycles. The Balaban J connectivity index is 1.80. The van der Waals surface area contributed by atoms with Gasteiger partial charge in [0.1, 0.15) is 5.69 Å². The van der Waals surface area contributed by atoms with Crippen molar-refractivity contribution in [2.24, 2.45) is 0 Å². The van der Waals surface area contributed by atoms with Crippen LogP contribution in [0.3, 0.4) is 0 Å². The molecule has 0 N–H and O–H groups in total. The van der Waals surface area contributed by atoms with E-state index >= 15 is 0 Å². The second-order valence-electron chi connectivity index (χ2n) is 6.79. The Bertz CT molecular complexity index is 1070. The Labute approximate surface area is 176 Å². The Morgan fingerprint density at radius 3 is 2.00 bits per heavy atom. The average Bonchev–Trinajstić information content (AvgIpc) is 3.22. The van der Waals surface area contributed by atoms with Crippen molar-refractivity contribution in [2.45, 2.75) is 13.8 Å². The average molecular weight is 403 g/mol. The zero-order valence-electron chi connectivity index (χ0n) is 16.6. The molecule has 4 aromatic rings. The first kappa shape index (κ1) is 19.3.